The van der Waals surface area contributed by atoms with Gasteiger partial charge in [0.15, 0.2) is 4.90 Å². The van der Waals surface area contributed by atoms with E-state index < -0.39 is 38.1 Å². The van der Waals surface area contributed by atoms with E-state index in [0.717, 1.165) is 10.4 Å². The van der Waals surface area contributed by atoms with E-state index in [4.69, 9.17) is 9.47 Å². The predicted octanol–water partition coefficient (Wildman–Crippen LogP) is 1.18. The van der Waals surface area contributed by atoms with Crippen molar-refractivity contribution in [1.82, 2.24) is 4.31 Å². The van der Waals surface area contributed by atoms with Crippen molar-refractivity contribution in [2.24, 2.45) is 5.41 Å². The van der Waals surface area contributed by atoms with Crippen LogP contribution in [0.1, 0.15) is 13.8 Å². The Morgan fingerprint density at radius 2 is 2.04 bits per heavy atom. The van der Waals surface area contributed by atoms with Crippen molar-refractivity contribution in [2.75, 3.05) is 26.8 Å². The quantitative estimate of drug-likeness (QED) is 0.433. The van der Waals surface area contributed by atoms with Gasteiger partial charge in [-0.3, -0.25) is 14.9 Å². The van der Waals surface area contributed by atoms with Crippen LogP contribution in [-0.2, 0) is 24.3 Å². The number of rotatable bonds is 5. The molecule has 0 aromatic heterocycles. The summed E-state index contributed by atoms with van der Waals surface area (Å²) in [7, 11) is -2.86. The van der Waals surface area contributed by atoms with Gasteiger partial charge in [-0.25, -0.2) is 8.42 Å². The van der Waals surface area contributed by atoms with Crippen LogP contribution < -0.4 is 0 Å². The van der Waals surface area contributed by atoms with Crippen molar-refractivity contribution in [1.29, 1.82) is 0 Å². The van der Waals surface area contributed by atoms with Gasteiger partial charge in [0, 0.05) is 19.2 Å². The molecule has 1 saturated heterocycles. The minimum Gasteiger partial charge on any atom is -0.469 e. The second-order valence-electron chi connectivity index (χ2n) is 6.16. The molecule has 1 unspecified atom stereocenters. The molecule has 0 radical (unpaired) electrons. The highest BCUT2D eigenvalue weighted by atomic mass is 32.2. The molecule has 1 aromatic carbocycles. The first-order chi connectivity index (χ1) is 11.6. The largest absolute Gasteiger partial charge is 0.469 e. The summed E-state index contributed by atoms with van der Waals surface area (Å²) in [6.07, 6.45) is -0.730. The summed E-state index contributed by atoms with van der Waals surface area (Å²) >= 11 is 0. The number of esters is 1. The molecule has 0 saturated carbocycles. The Balaban J connectivity index is 2.35. The van der Waals surface area contributed by atoms with Crippen LogP contribution in [0.3, 0.4) is 0 Å². The molecule has 1 aromatic rings. The number of nitrogens with zero attached hydrogens (tertiary/aromatic N) is 2. The van der Waals surface area contributed by atoms with Gasteiger partial charge in [0.1, 0.15) is 0 Å². The van der Waals surface area contributed by atoms with Gasteiger partial charge in [-0.1, -0.05) is 12.1 Å². The van der Waals surface area contributed by atoms with E-state index >= 15 is 0 Å². The molecule has 0 aliphatic carbocycles. The number of sulfonamides is 1. The molecule has 2 rings (SSSR count). The number of benzene rings is 1. The maximum absolute atomic E-state index is 12.9. The lowest BCUT2D eigenvalue weighted by molar-refractivity contribution is -0.387. The monoisotopic (exact) mass is 372 g/mol. The lowest BCUT2D eigenvalue weighted by Crippen LogP contribution is -2.53. The third-order valence-electron chi connectivity index (χ3n) is 4.23. The highest BCUT2D eigenvalue weighted by molar-refractivity contribution is 7.89. The molecule has 0 amide bonds. The van der Waals surface area contributed by atoms with Gasteiger partial charge in [-0.15, -0.1) is 0 Å². The average molecular weight is 372 g/mol. The number of morpholine rings is 1. The Morgan fingerprint density at radius 3 is 2.64 bits per heavy atom. The van der Waals surface area contributed by atoms with Gasteiger partial charge in [-0.05, 0) is 19.9 Å². The molecule has 0 N–H and O–H groups in total. The van der Waals surface area contributed by atoms with Crippen LogP contribution in [0.4, 0.5) is 5.69 Å². The number of nitro benzene ring substituents is 1. The van der Waals surface area contributed by atoms with Gasteiger partial charge in [-0.2, -0.15) is 4.31 Å². The van der Waals surface area contributed by atoms with Crippen LogP contribution in [0.25, 0.3) is 0 Å². The molecule has 9 nitrogen and oxygen atoms in total. The second kappa shape index (κ2) is 7.06. The molecule has 1 atom stereocenters. The zero-order valence-electron chi connectivity index (χ0n) is 14.2. The number of carbonyl (C=O) groups excluding carboxylic acids is 1. The Hall–Kier alpha value is -2.04. The summed E-state index contributed by atoms with van der Waals surface area (Å²) in [5.74, 6) is -0.526. The predicted molar refractivity (Wildman–Crippen MR) is 87.4 cm³/mol. The smallest absolute Gasteiger partial charge is 0.313 e. The van der Waals surface area contributed by atoms with E-state index in [9.17, 15) is 23.3 Å². The summed E-state index contributed by atoms with van der Waals surface area (Å²) < 4.78 is 37.2. The zero-order valence-corrected chi connectivity index (χ0v) is 15.0. The lowest BCUT2D eigenvalue weighted by atomic mass is 9.86. The van der Waals surface area contributed by atoms with Gasteiger partial charge in [0.2, 0.25) is 10.0 Å². The highest BCUT2D eigenvalue weighted by Gasteiger charge is 2.44. The summed E-state index contributed by atoms with van der Waals surface area (Å²) in [5.41, 5.74) is -1.55. The fourth-order valence-electron chi connectivity index (χ4n) is 2.64. The number of hydrogen-bond donors (Lipinski definition) is 0. The molecule has 1 heterocycles. The first-order valence-electron chi connectivity index (χ1n) is 7.56. The van der Waals surface area contributed by atoms with Crippen LogP contribution in [0.5, 0.6) is 0 Å². The molecule has 138 valence electrons. The minimum absolute atomic E-state index is 0.0438. The van der Waals surface area contributed by atoms with E-state index in [2.05, 4.69) is 0 Å². The third-order valence-corrected chi connectivity index (χ3v) is 6.14. The van der Waals surface area contributed by atoms with Gasteiger partial charge >= 0.3 is 5.97 Å². The second-order valence-corrected chi connectivity index (χ2v) is 8.07. The van der Waals surface area contributed by atoms with E-state index in [1.807, 2.05) is 0 Å². The average Bonchev–Trinajstić information content (AvgIpc) is 2.60. The number of hydrogen-bond acceptors (Lipinski definition) is 7. The molecular formula is C15H20N2O7S. The van der Waals surface area contributed by atoms with Crippen LogP contribution in [0.2, 0.25) is 0 Å². The van der Waals surface area contributed by atoms with Crippen molar-refractivity contribution < 1.29 is 27.6 Å². The number of ether oxygens (including phenoxy) is 2. The molecule has 0 bridgehead atoms. The topological polar surface area (TPSA) is 116 Å². The van der Waals surface area contributed by atoms with Gasteiger partial charge in [0.25, 0.3) is 5.69 Å². The van der Waals surface area contributed by atoms with Crippen molar-refractivity contribution >= 4 is 21.7 Å². The van der Waals surface area contributed by atoms with Crippen LogP contribution >= 0.6 is 0 Å². The maximum Gasteiger partial charge on any atom is 0.313 e. The third kappa shape index (κ3) is 3.65. The Bertz CT molecular complexity index is 776. The summed E-state index contributed by atoms with van der Waals surface area (Å²) in [6, 6.07) is 5.17. The number of para-hydroxylation sites is 1. The number of nitro groups is 1. The minimum atomic E-state index is -4.10. The first-order valence-corrected chi connectivity index (χ1v) is 9.00. The molecule has 1 aliphatic rings. The molecule has 1 fully saturated rings. The van der Waals surface area contributed by atoms with Crippen molar-refractivity contribution in [3.63, 3.8) is 0 Å². The molecular weight excluding hydrogens is 352 g/mol. The van der Waals surface area contributed by atoms with Crippen LogP contribution in [-0.4, -0.2) is 56.5 Å². The molecule has 10 heteroatoms. The number of methoxy groups -OCH3 is 1. The lowest BCUT2D eigenvalue weighted by Gasteiger charge is -2.38. The SMILES string of the molecule is COC(=O)C(C)(C)C1CN(S(=O)(=O)c2ccccc2[N+](=O)[O-])CCO1. The summed E-state index contributed by atoms with van der Waals surface area (Å²) in [4.78, 5) is 22.0. The Morgan fingerprint density at radius 1 is 1.40 bits per heavy atom. The van der Waals surface area contributed by atoms with Crippen LogP contribution in [0, 0.1) is 15.5 Å². The van der Waals surface area contributed by atoms with E-state index in [-0.39, 0.29) is 24.6 Å². The fraction of sp³-hybridized carbons (Fsp3) is 0.533. The fourth-order valence-corrected chi connectivity index (χ4v) is 4.22. The molecule has 0 spiro atoms. The Kier molecular flexibility index (Phi) is 5.45. The summed E-state index contributed by atoms with van der Waals surface area (Å²) in [6.45, 7) is 3.22. The van der Waals surface area contributed by atoms with Crippen molar-refractivity contribution in [3.05, 3.63) is 34.4 Å². The maximum atomic E-state index is 12.9. The summed E-state index contributed by atoms with van der Waals surface area (Å²) in [5, 5.41) is 11.1. The van der Waals surface area contributed by atoms with Gasteiger partial charge in [0.05, 0.1) is 30.2 Å². The van der Waals surface area contributed by atoms with E-state index in [1.165, 1.54) is 25.3 Å². The van der Waals surface area contributed by atoms with E-state index in [1.54, 1.807) is 13.8 Å². The standard InChI is InChI=1S/C15H20N2O7S/c1-15(2,14(18)23-3)13-10-16(8-9-24-13)25(21,22)12-7-5-4-6-11(12)17(19)20/h4-7,13H,8-10H2,1-3H3. The molecule has 25 heavy (non-hydrogen) atoms. The van der Waals surface area contributed by atoms with Crippen molar-refractivity contribution in [3.8, 4) is 0 Å². The van der Waals surface area contributed by atoms with Crippen molar-refractivity contribution in [2.45, 2.75) is 24.8 Å². The number of carbonyl (C=O) groups is 1. The zero-order chi connectivity index (χ0) is 18.8. The highest BCUT2D eigenvalue weighted by Crippen LogP contribution is 2.32. The Labute approximate surface area is 145 Å². The first kappa shape index (κ1) is 19.3. The normalized spacial score (nSPS) is 19.4. The molecule has 1 aliphatic heterocycles. The van der Waals surface area contributed by atoms with Gasteiger partial charge < -0.3 is 9.47 Å². The van der Waals surface area contributed by atoms with Crippen LogP contribution in [0.15, 0.2) is 29.2 Å². The van der Waals surface area contributed by atoms with E-state index in [0.29, 0.717) is 0 Å².